The van der Waals surface area contributed by atoms with Gasteiger partial charge in [-0.1, -0.05) is 51.2 Å². The standard InChI is InChI=1S/C21H28N2O2S/c1-2-3-7-14-25-18-12-10-16(11-13-18)15-19-20(24)23(21(26)22-19)17-8-5-4-6-9-17/h10-13,15,17H,2-9,14H2,1H3,(H,22,26)/b19-15+. The van der Waals surface area contributed by atoms with E-state index in [0.717, 1.165) is 37.2 Å². The van der Waals surface area contributed by atoms with Gasteiger partial charge in [0.15, 0.2) is 5.11 Å². The van der Waals surface area contributed by atoms with E-state index in [-0.39, 0.29) is 11.9 Å². The van der Waals surface area contributed by atoms with Gasteiger partial charge in [0.25, 0.3) is 5.91 Å². The van der Waals surface area contributed by atoms with Crippen molar-refractivity contribution in [3.8, 4) is 5.75 Å². The Morgan fingerprint density at radius 2 is 1.92 bits per heavy atom. The molecule has 1 aromatic carbocycles. The molecule has 1 aromatic rings. The summed E-state index contributed by atoms with van der Waals surface area (Å²) in [5.74, 6) is 0.870. The number of hydrogen-bond acceptors (Lipinski definition) is 3. The Morgan fingerprint density at radius 3 is 2.62 bits per heavy atom. The molecule has 1 amide bonds. The third kappa shape index (κ3) is 4.64. The van der Waals surface area contributed by atoms with Gasteiger partial charge in [-0.3, -0.25) is 9.69 Å². The van der Waals surface area contributed by atoms with Crippen molar-refractivity contribution in [2.24, 2.45) is 0 Å². The number of amides is 1. The molecule has 0 aromatic heterocycles. The number of thiocarbonyl (C=S) groups is 1. The van der Waals surface area contributed by atoms with Crippen molar-refractivity contribution in [1.82, 2.24) is 10.2 Å². The van der Waals surface area contributed by atoms with Gasteiger partial charge in [0.05, 0.1) is 6.61 Å². The molecule has 1 aliphatic heterocycles. The summed E-state index contributed by atoms with van der Waals surface area (Å²) in [6.07, 6.45) is 11.0. The van der Waals surface area contributed by atoms with E-state index >= 15 is 0 Å². The lowest BCUT2D eigenvalue weighted by Gasteiger charge is -2.29. The van der Waals surface area contributed by atoms with Crippen LogP contribution >= 0.6 is 12.2 Å². The topological polar surface area (TPSA) is 41.6 Å². The van der Waals surface area contributed by atoms with Crippen LogP contribution in [0.3, 0.4) is 0 Å². The number of ether oxygens (including phenoxy) is 1. The van der Waals surface area contributed by atoms with E-state index in [0.29, 0.717) is 10.8 Å². The molecule has 5 heteroatoms. The van der Waals surface area contributed by atoms with Crippen molar-refractivity contribution < 1.29 is 9.53 Å². The average Bonchev–Trinajstić information content (AvgIpc) is 2.94. The number of carbonyl (C=O) groups is 1. The SMILES string of the molecule is CCCCCOc1ccc(/C=C2/NC(=S)N(C3CCCCC3)C2=O)cc1. The first-order valence-electron chi connectivity index (χ1n) is 9.78. The molecule has 1 saturated heterocycles. The van der Waals surface area contributed by atoms with Crippen LogP contribution in [0.2, 0.25) is 0 Å². The minimum atomic E-state index is 0.00166. The predicted molar refractivity (Wildman–Crippen MR) is 109 cm³/mol. The van der Waals surface area contributed by atoms with Crippen LogP contribution in [0.1, 0.15) is 63.9 Å². The smallest absolute Gasteiger partial charge is 0.276 e. The Labute approximate surface area is 161 Å². The summed E-state index contributed by atoms with van der Waals surface area (Å²) in [6, 6.07) is 8.11. The normalized spacial score (nSPS) is 19.9. The zero-order valence-electron chi connectivity index (χ0n) is 15.5. The van der Waals surface area contributed by atoms with Gasteiger partial charge in [0.2, 0.25) is 0 Å². The molecule has 2 fully saturated rings. The number of nitrogens with zero attached hydrogens (tertiary/aromatic N) is 1. The molecule has 2 aliphatic rings. The highest BCUT2D eigenvalue weighted by Gasteiger charge is 2.36. The number of hydrogen-bond donors (Lipinski definition) is 1. The van der Waals surface area contributed by atoms with E-state index in [1.54, 1.807) is 4.90 Å². The summed E-state index contributed by atoms with van der Waals surface area (Å²) in [7, 11) is 0. The van der Waals surface area contributed by atoms with Gasteiger partial charge < -0.3 is 10.1 Å². The Morgan fingerprint density at radius 1 is 1.19 bits per heavy atom. The monoisotopic (exact) mass is 372 g/mol. The van der Waals surface area contributed by atoms with Crippen molar-refractivity contribution in [2.75, 3.05) is 6.61 Å². The second kappa shape index (κ2) is 9.17. The highest BCUT2D eigenvalue weighted by Crippen LogP contribution is 2.27. The summed E-state index contributed by atoms with van der Waals surface area (Å²) in [5, 5.41) is 3.65. The van der Waals surface area contributed by atoms with Crippen molar-refractivity contribution >= 4 is 29.3 Å². The first kappa shape index (κ1) is 18.9. The molecule has 0 atom stereocenters. The molecule has 0 spiro atoms. The number of unbranched alkanes of at least 4 members (excludes halogenated alkanes) is 2. The minimum Gasteiger partial charge on any atom is -0.494 e. The second-order valence-corrected chi connectivity index (χ2v) is 7.47. The largest absolute Gasteiger partial charge is 0.494 e. The zero-order chi connectivity index (χ0) is 18.4. The summed E-state index contributed by atoms with van der Waals surface area (Å²) < 4.78 is 5.74. The van der Waals surface area contributed by atoms with Gasteiger partial charge in [0, 0.05) is 6.04 Å². The maximum absolute atomic E-state index is 12.8. The summed E-state index contributed by atoms with van der Waals surface area (Å²) >= 11 is 5.41. The average molecular weight is 373 g/mol. The summed E-state index contributed by atoms with van der Waals surface area (Å²) in [4.78, 5) is 14.6. The summed E-state index contributed by atoms with van der Waals surface area (Å²) in [5.41, 5.74) is 1.53. The Bertz CT molecular complexity index is 663. The van der Waals surface area contributed by atoms with E-state index < -0.39 is 0 Å². The first-order chi connectivity index (χ1) is 12.7. The molecule has 3 rings (SSSR count). The van der Waals surface area contributed by atoms with E-state index in [1.807, 2.05) is 30.3 Å². The first-order valence-corrected chi connectivity index (χ1v) is 10.2. The molecule has 1 aliphatic carbocycles. The highest BCUT2D eigenvalue weighted by molar-refractivity contribution is 7.80. The molecule has 4 nitrogen and oxygen atoms in total. The van der Waals surface area contributed by atoms with Crippen LogP contribution in [0.15, 0.2) is 30.0 Å². The van der Waals surface area contributed by atoms with Crippen LogP contribution in [0.5, 0.6) is 5.75 Å². The minimum absolute atomic E-state index is 0.00166. The molecular weight excluding hydrogens is 344 g/mol. The molecule has 26 heavy (non-hydrogen) atoms. The van der Waals surface area contributed by atoms with E-state index in [1.165, 1.54) is 32.1 Å². The maximum Gasteiger partial charge on any atom is 0.276 e. The lowest BCUT2D eigenvalue weighted by Crippen LogP contribution is -2.41. The van der Waals surface area contributed by atoms with Crippen LogP contribution in [0.25, 0.3) is 6.08 Å². The number of nitrogens with one attached hydrogen (secondary N) is 1. The number of rotatable bonds is 7. The molecule has 0 unspecified atom stereocenters. The van der Waals surface area contributed by atoms with Crippen LogP contribution in [-0.4, -0.2) is 28.6 Å². The zero-order valence-corrected chi connectivity index (χ0v) is 16.3. The fourth-order valence-corrected chi connectivity index (χ4v) is 3.93. The Kier molecular flexibility index (Phi) is 6.67. The van der Waals surface area contributed by atoms with E-state index in [4.69, 9.17) is 17.0 Å². The molecule has 0 bridgehead atoms. The highest BCUT2D eigenvalue weighted by atomic mass is 32.1. The Hall–Kier alpha value is -1.88. The molecular formula is C21H28N2O2S. The van der Waals surface area contributed by atoms with Crippen LogP contribution in [0, 0.1) is 0 Å². The van der Waals surface area contributed by atoms with Gasteiger partial charge in [-0.25, -0.2) is 0 Å². The summed E-state index contributed by atoms with van der Waals surface area (Å²) in [6.45, 7) is 2.93. The number of carbonyl (C=O) groups excluding carboxylic acids is 1. The van der Waals surface area contributed by atoms with Crippen LogP contribution in [0.4, 0.5) is 0 Å². The second-order valence-electron chi connectivity index (χ2n) is 7.08. The van der Waals surface area contributed by atoms with Gasteiger partial charge in [-0.2, -0.15) is 0 Å². The Balaban J connectivity index is 1.62. The molecule has 1 saturated carbocycles. The van der Waals surface area contributed by atoms with Crippen LogP contribution < -0.4 is 10.1 Å². The number of benzene rings is 1. The predicted octanol–water partition coefficient (Wildman–Crippen LogP) is 4.65. The fraction of sp³-hybridized carbons (Fsp3) is 0.524. The van der Waals surface area contributed by atoms with E-state index in [2.05, 4.69) is 12.2 Å². The van der Waals surface area contributed by atoms with Crippen LogP contribution in [-0.2, 0) is 4.79 Å². The molecule has 140 valence electrons. The van der Waals surface area contributed by atoms with Gasteiger partial charge >= 0.3 is 0 Å². The molecule has 0 radical (unpaired) electrons. The maximum atomic E-state index is 12.8. The molecule has 1 heterocycles. The lowest BCUT2D eigenvalue weighted by atomic mass is 9.94. The van der Waals surface area contributed by atoms with Gasteiger partial charge in [0.1, 0.15) is 11.4 Å². The quantitative estimate of drug-likeness (QED) is 0.430. The lowest BCUT2D eigenvalue weighted by molar-refractivity contribution is -0.124. The third-order valence-corrected chi connectivity index (χ3v) is 5.36. The fourth-order valence-electron chi connectivity index (χ4n) is 3.59. The van der Waals surface area contributed by atoms with Gasteiger partial charge in [-0.15, -0.1) is 0 Å². The van der Waals surface area contributed by atoms with Gasteiger partial charge in [-0.05, 0) is 55.3 Å². The third-order valence-electron chi connectivity index (χ3n) is 5.06. The van der Waals surface area contributed by atoms with Crippen molar-refractivity contribution in [3.05, 3.63) is 35.5 Å². The van der Waals surface area contributed by atoms with Crippen molar-refractivity contribution in [3.63, 3.8) is 0 Å². The van der Waals surface area contributed by atoms with E-state index in [9.17, 15) is 4.79 Å². The molecule has 1 N–H and O–H groups in total. The van der Waals surface area contributed by atoms with Crippen molar-refractivity contribution in [2.45, 2.75) is 64.3 Å². The van der Waals surface area contributed by atoms with Crippen molar-refractivity contribution in [1.29, 1.82) is 0 Å².